The Balaban J connectivity index is 1.52. The van der Waals surface area contributed by atoms with E-state index in [-0.39, 0.29) is 15.5 Å². The number of rotatable bonds is 6. The second-order valence-corrected chi connectivity index (χ2v) is 10.7. The van der Waals surface area contributed by atoms with Gasteiger partial charge in [-0.15, -0.1) is 10.2 Å². The number of piperazine rings is 1. The fourth-order valence-electron chi connectivity index (χ4n) is 3.30. The first-order chi connectivity index (χ1) is 15.8. The number of carbonyl (C=O) groups excluding carboxylic acids is 1. The Kier molecular flexibility index (Phi) is 6.96. The van der Waals surface area contributed by atoms with Crippen molar-refractivity contribution in [1.82, 2.24) is 19.4 Å². The van der Waals surface area contributed by atoms with Crippen LogP contribution in [0.3, 0.4) is 0 Å². The molecule has 0 bridgehead atoms. The number of hydrogen-bond acceptors (Lipinski definition) is 8. The Morgan fingerprint density at radius 1 is 1.09 bits per heavy atom. The predicted octanol–water partition coefficient (Wildman–Crippen LogP) is 3.06. The number of nitrogens with zero attached hydrogens (tertiary/aromatic N) is 4. The molecule has 0 atom stereocenters. The first-order valence-electron chi connectivity index (χ1n) is 10.1. The Bertz CT molecular complexity index is 1260. The molecule has 1 aliphatic heterocycles. The molecule has 0 aliphatic carbocycles. The third kappa shape index (κ3) is 5.17. The number of halogens is 1. The summed E-state index contributed by atoms with van der Waals surface area (Å²) in [5.41, 5.74) is 0.995. The van der Waals surface area contributed by atoms with Crippen molar-refractivity contribution in [2.45, 2.75) is 4.90 Å². The molecule has 3 aromatic rings. The van der Waals surface area contributed by atoms with E-state index in [1.807, 2.05) is 31.3 Å². The third-order valence-electron chi connectivity index (χ3n) is 5.26. The molecular formula is C21H22ClN5O4S2. The van der Waals surface area contributed by atoms with Gasteiger partial charge in [0.2, 0.25) is 15.2 Å². The number of methoxy groups -OCH3 is 1. The lowest BCUT2D eigenvalue weighted by Crippen LogP contribution is -2.47. The first-order valence-corrected chi connectivity index (χ1v) is 12.7. The van der Waals surface area contributed by atoms with E-state index in [9.17, 15) is 13.2 Å². The van der Waals surface area contributed by atoms with Gasteiger partial charge in [-0.3, -0.25) is 10.1 Å². The smallest absolute Gasteiger partial charge is 0.257 e. The van der Waals surface area contributed by atoms with Crippen LogP contribution in [-0.2, 0) is 10.0 Å². The molecule has 1 aliphatic rings. The Morgan fingerprint density at radius 2 is 1.79 bits per heavy atom. The molecule has 0 spiro atoms. The highest BCUT2D eigenvalue weighted by molar-refractivity contribution is 7.89. The van der Waals surface area contributed by atoms with Crippen LogP contribution in [0.5, 0.6) is 5.75 Å². The van der Waals surface area contributed by atoms with Gasteiger partial charge in [-0.25, -0.2) is 8.42 Å². The van der Waals surface area contributed by atoms with Crippen LogP contribution in [0.4, 0.5) is 5.13 Å². The average molecular weight is 508 g/mol. The zero-order valence-corrected chi connectivity index (χ0v) is 20.4. The number of ether oxygens (including phenoxy) is 1. The van der Waals surface area contributed by atoms with E-state index in [2.05, 4.69) is 20.4 Å². The first kappa shape index (κ1) is 23.6. The molecule has 1 saturated heterocycles. The molecular weight excluding hydrogens is 486 g/mol. The Hall–Kier alpha value is -2.57. The van der Waals surface area contributed by atoms with E-state index in [4.69, 9.17) is 16.3 Å². The summed E-state index contributed by atoms with van der Waals surface area (Å²) in [5, 5.41) is 11.8. The quantitative estimate of drug-likeness (QED) is 0.546. The van der Waals surface area contributed by atoms with Crippen LogP contribution in [0.15, 0.2) is 47.4 Å². The van der Waals surface area contributed by atoms with Gasteiger partial charge >= 0.3 is 0 Å². The summed E-state index contributed by atoms with van der Waals surface area (Å²) >= 11 is 7.42. The fraction of sp³-hybridized carbons (Fsp3) is 0.286. The highest BCUT2D eigenvalue weighted by atomic mass is 35.5. The standard InChI is InChI=1S/C21H22ClN5O4S2/c1-26-9-11-27(12-10-26)33(29,30)18-13-15(5-8-17(18)22)19(28)23-21-25-24-20(32-21)14-3-6-16(31-2)7-4-14/h3-8,13H,9-12H2,1-2H3,(H,23,25,28). The van der Waals surface area contributed by atoms with Crippen molar-refractivity contribution in [2.75, 3.05) is 45.7 Å². The maximum Gasteiger partial charge on any atom is 0.257 e. The largest absolute Gasteiger partial charge is 0.497 e. The number of anilines is 1. The normalized spacial score (nSPS) is 15.4. The van der Waals surface area contributed by atoms with Gasteiger partial charge in [0.1, 0.15) is 15.7 Å². The number of nitrogens with one attached hydrogen (secondary N) is 1. The molecule has 9 nitrogen and oxygen atoms in total. The zero-order chi connectivity index (χ0) is 23.6. The minimum absolute atomic E-state index is 0.0724. The minimum atomic E-state index is -3.82. The van der Waals surface area contributed by atoms with Crippen LogP contribution < -0.4 is 10.1 Å². The van der Waals surface area contributed by atoms with Gasteiger partial charge in [0, 0.05) is 37.3 Å². The SMILES string of the molecule is COc1ccc(-c2nnc(NC(=O)c3ccc(Cl)c(S(=O)(=O)N4CCN(C)CC4)c3)s2)cc1. The van der Waals surface area contributed by atoms with E-state index in [1.165, 1.54) is 33.8 Å². The molecule has 0 saturated carbocycles. The molecule has 2 heterocycles. The van der Waals surface area contributed by atoms with E-state index < -0.39 is 15.9 Å². The summed E-state index contributed by atoms with van der Waals surface area (Å²) in [6, 6.07) is 11.5. The summed E-state index contributed by atoms with van der Waals surface area (Å²) in [6.45, 7) is 1.99. The molecule has 1 fully saturated rings. The fourth-order valence-corrected chi connectivity index (χ4v) is 5.97. The highest BCUT2D eigenvalue weighted by Crippen LogP contribution is 2.29. The Morgan fingerprint density at radius 3 is 2.45 bits per heavy atom. The van der Waals surface area contributed by atoms with Gasteiger partial charge in [-0.1, -0.05) is 22.9 Å². The van der Waals surface area contributed by atoms with Gasteiger partial charge in [-0.2, -0.15) is 4.31 Å². The van der Waals surface area contributed by atoms with E-state index in [0.29, 0.717) is 36.3 Å². The van der Waals surface area contributed by atoms with Crippen molar-refractivity contribution in [3.8, 4) is 16.3 Å². The van der Waals surface area contributed by atoms with Crippen molar-refractivity contribution in [3.05, 3.63) is 53.1 Å². The van der Waals surface area contributed by atoms with Crippen LogP contribution >= 0.6 is 22.9 Å². The number of amides is 1. The van der Waals surface area contributed by atoms with Crippen molar-refractivity contribution in [3.63, 3.8) is 0 Å². The van der Waals surface area contributed by atoms with Crippen molar-refractivity contribution >= 4 is 44.0 Å². The number of hydrogen-bond donors (Lipinski definition) is 1. The average Bonchev–Trinajstić information content (AvgIpc) is 3.28. The monoisotopic (exact) mass is 507 g/mol. The molecule has 2 aromatic carbocycles. The molecule has 0 unspecified atom stereocenters. The molecule has 12 heteroatoms. The maximum absolute atomic E-state index is 13.1. The molecule has 1 amide bonds. The van der Waals surface area contributed by atoms with Crippen molar-refractivity contribution in [2.24, 2.45) is 0 Å². The summed E-state index contributed by atoms with van der Waals surface area (Å²) in [6.07, 6.45) is 0. The summed E-state index contributed by atoms with van der Waals surface area (Å²) in [4.78, 5) is 14.8. The number of likely N-dealkylation sites (N-methyl/N-ethyl adjacent to an activating group) is 1. The number of aromatic nitrogens is 2. The van der Waals surface area contributed by atoms with Gasteiger partial charge in [0.25, 0.3) is 5.91 Å². The zero-order valence-electron chi connectivity index (χ0n) is 18.0. The van der Waals surface area contributed by atoms with Gasteiger partial charge < -0.3 is 9.64 Å². The molecule has 174 valence electrons. The van der Waals surface area contributed by atoms with E-state index in [0.717, 1.165) is 11.3 Å². The maximum atomic E-state index is 13.1. The summed E-state index contributed by atoms with van der Waals surface area (Å²) < 4.78 is 32.8. The van der Waals surface area contributed by atoms with Crippen molar-refractivity contribution in [1.29, 1.82) is 0 Å². The lowest BCUT2D eigenvalue weighted by atomic mass is 10.2. The van der Waals surface area contributed by atoms with Gasteiger partial charge in [-0.05, 0) is 49.5 Å². The number of sulfonamides is 1. The predicted molar refractivity (Wildman–Crippen MR) is 128 cm³/mol. The Labute approximate surface area is 201 Å². The van der Waals surface area contributed by atoms with Gasteiger partial charge in [0.15, 0.2) is 0 Å². The second kappa shape index (κ2) is 9.74. The van der Waals surface area contributed by atoms with Crippen LogP contribution in [0, 0.1) is 0 Å². The molecule has 1 aromatic heterocycles. The number of carbonyl (C=O) groups is 1. The van der Waals surface area contributed by atoms with E-state index >= 15 is 0 Å². The lowest BCUT2D eigenvalue weighted by Gasteiger charge is -2.31. The topological polar surface area (TPSA) is 105 Å². The van der Waals surface area contributed by atoms with Crippen LogP contribution in [0.2, 0.25) is 5.02 Å². The minimum Gasteiger partial charge on any atom is -0.497 e. The molecule has 1 N–H and O–H groups in total. The third-order valence-corrected chi connectivity index (χ3v) is 8.52. The lowest BCUT2D eigenvalue weighted by molar-refractivity contribution is 0.102. The summed E-state index contributed by atoms with van der Waals surface area (Å²) in [7, 11) is -0.294. The van der Waals surface area contributed by atoms with Crippen molar-refractivity contribution < 1.29 is 17.9 Å². The van der Waals surface area contributed by atoms with Crippen LogP contribution in [0.1, 0.15) is 10.4 Å². The van der Waals surface area contributed by atoms with Crippen LogP contribution in [0.25, 0.3) is 10.6 Å². The second-order valence-electron chi connectivity index (χ2n) is 7.45. The highest BCUT2D eigenvalue weighted by Gasteiger charge is 2.30. The number of benzene rings is 2. The molecule has 0 radical (unpaired) electrons. The van der Waals surface area contributed by atoms with E-state index in [1.54, 1.807) is 7.11 Å². The molecule has 4 rings (SSSR count). The van der Waals surface area contributed by atoms with Gasteiger partial charge in [0.05, 0.1) is 12.1 Å². The molecule has 33 heavy (non-hydrogen) atoms. The summed E-state index contributed by atoms with van der Waals surface area (Å²) in [5.74, 6) is 0.223. The van der Waals surface area contributed by atoms with Crippen LogP contribution in [-0.4, -0.2) is 74.1 Å².